The molecule has 2 aromatic carbocycles. The Bertz CT molecular complexity index is 963. The van der Waals surface area contributed by atoms with Crippen molar-refractivity contribution in [1.29, 1.82) is 0 Å². The lowest BCUT2D eigenvalue weighted by Gasteiger charge is -2.23. The minimum atomic E-state index is -0.0320. The molecule has 1 fully saturated rings. The quantitative estimate of drug-likeness (QED) is 0.572. The Balaban J connectivity index is 1.41. The number of carbonyl (C=O) groups is 2. The minimum Gasteiger partial charge on any atom is -0.484 e. The van der Waals surface area contributed by atoms with Crippen LogP contribution in [0.3, 0.4) is 0 Å². The maximum Gasteiger partial charge on any atom is 0.261 e. The monoisotopic (exact) mass is 394 g/mol. The molecule has 144 valence electrons. The molecule has 4 rings (SSSR count). The minimum absolute atomic E-state index is 0.0114. The number of ether oxygens (including phenoxy) is 1. The normalized spacial score (nSPS) is 16.5. The van der Waals surface area contributed by atoms with Crippen LogP contribution < -0.4 is 4.74 Å². The van der Waals surface area contributed by atoms with Crippen LogP contribution in [-0.2, 0) is 4.79 Å². The smallest absolute Gasteiger partial charge is 0.261 e. The van der Waals surface area contributed by atoms with Crippen molar-refractivity contribution in [3.8, 4) is 5.75 Å². The molecule has 0 N–H and O–H groups in total. The Morgan fingerprint density at radius 2 is 1.96 bits per heavy atom. The molecule has 1 amide bonds. The Morgan fingerprint density at radius 3 is 2.71 bits per heavy atom. The van der Waals surface area contributed by atoms with Gasteiger partial charge in [-0.3, -0.25) is 9.59 Å². The van der Waals surface area contributed by atoms with E-state index >= 15 is 0 Å². The number of thiazole rings is 1. The topological polar surface area (TPSA) is 59.5 Å². The van der Waals surface area contributed by atoms with E-state index in [9.17, 15) is 9.59 Å². The third-order valence-corrected chi connectivity index (χ3v) is 6.17. The van der Waals surface area contributed by atoms with Gasteiger partial charge in [0.15, 0.2) is 12.4 Å². The van der Waals surface area contributed by atoms with Gasteiger partial charge in [-0.2, -0.15) is 0 Å². The lowest BCUT2D eigenvalue weighted by Crippen LogP contribution is -2.34. The lowest BCUT2D eigenvalue weighted by molar-refractivity contribution is -0.134. The summed E-state index contributed by atoms with van der Waals surface area (Å²) in [5.41, 5.74) is 1.65. The molecule has 3 aromatic rings. The van der Waals surface area contributed by atoms with Crippen molar-refractivity contribution in [2.45, 2.75) is 32.2 Å². The standard InChI is InChI=1S/C22H22N2O3S/c1-2-19(25)15-9-11-16(12-10-15)27-14-21(26)24-13-5-7-18(24)22-23-17-6-3-4-8-20(17)28-22/h3-4,6,8-12,18H,2,5,7,13-14H2,1H3. The van der Waals surface area contributed by atoms with Crippen LogP contribution in [0.15, 0.2) is 48.5 Å². The van der Waals surface area contributed by atoms with Crippen molar-refractivity contribution < 1.29 is 14.3 Å². The van der Waals surface area contributed by atoms with Crippen LogP contribution in [0.1, 0.15) is 47.6 Å². The van der Waals surface area contributed by atoms with E-state index in [2.05, 4.69) is 6.07 Å². The molecule has 0 aliphatic carbocycles. The van der Waals surface area contributed by atoms with Crippen molar-refractivity contribution in [3.05, 3.63) is 59.1 Å². The van der Waals surface area contributed by atoms with Gasteiger partial charge < -0.3 is 9.64 Å². The highest BCUT2D eigenvalue weighted by Gasteiger charge is 2.32. The zero-order chi connectivity index (χ0) is 19.5. The van der Waals surface area contributed by atoms with Gasteiger partial charge in [-0.15, -0.1) is 11.3 Å². The van der Waals surface area contributed by atoms with E-state index in [1.165, 1.54) is 0 Å². The summed E-state index contributed by atoms with van der Waals surface area (Å²) in [6.45, 7) is 2.55. The molecule has 0 saturated carbocycles. The average Bonchev–Trinajstić information content (AvgIpc) is 3.38. The summed E-state index contributed by atoms with van der Waals surface area (Å²) in [6, 6.07) is 15.1. The summed E-state index contributed by atoms with van der Waals surface area (Å²) in [5.74, 6) is 0.658. The number of para-hydroxylation sites is 1. The molecule has 1 unspecified atom stereocenters. The lowest BCUT2D eigenvalue weighted by atomic mass is 10.1. The predicted molar refractivity (Wildman–Crippen MR) is 110 cm³/mol. The summed E-state index contributed by atoms with van der Waals surface area (Å²) in [5, 5.41) is 0.995. The van der Waals surface area contributed by atoms with Crippen LogP contribution >= 0.6 is 11.3 Å². The molecular formula is C22H22N2O3S. The second kappa shape index (κ2) is 8.10. The van der Waals surface area contributed by atoms with Crippen molar-refractivity contribution in [2.75, 3.05) is 13.2 Å². The van der Waals surface area contributed by atoms with Crippen LogP contribution in [0.4, 0.5) is 0 Å². The van der Waals surface area contributed by atoms with Gasteiger partial charge in [-0.1, -0.05) is 19.1 Å². The second-order valence-electron chi connectivity index (χ2n) is 6.85. The van der Waals surface area contributed by atoms with Crippen molar-refractivity contribution in [2.24, 2.45) is 0 Å². The number of carbonyl (C=O) groups excluding carboxylic acids is 2. The third kappa shape index (κ3) is 3.78. The summed E-state index contributed by atoms with van der Waals surface area (Å²) in [4.78, 5) is 31.1. The van der Waals surface area contributed by atoms with Crippen molar-refractivity contribution >= 4 is 33.2 Å². The number of likely N-dealkylation sites (tertiary alicyclic amines) is 1. The van der Waals surface area contributed by atoms with Gasteiger partial charge in [0.2, 0.25) is 0 Å². The van der Waals surface area contributed by atoms with Gasteiger partial charge >= 0.3 is 0 Å². The van der Waals surface area contributed by atoms with Gasteiger partial charge in [0, 0.05) is 18.5 Å². The van der Waals surface area contributed by atoms with E-state index in [0.29, 0.717) is 17.7 Å². The molecule has 1 aliphatic heterocycles. The van der Waals surface area contributed by atoms with Crippen molar-refractivity contribution in [3.63, 3.8) is 0 Å². The molecule has 1 aromatic heterocycles. The number of benzene rings is 2. The molecule has 0 radical (unpaired) electrons. The zero-order valence-electron chi connectivity index (χ0n) is 15.8. The fraction of sp³-hybridized carbons (Fsp3) is 0.318. The number of aromatic nitrogens is 1. The second-order valence-corrected chi connectivity index (χ2v) is 7.92. The first-order valence-corrected chi connectivity index (χ1v) is 10.4. The Morgan fingerprint density at radius 1 is 1.18 bits per heavy atom. The Kier molecular flexibility index (Phi) is 5.39. The van der Waals surface area contributed by atoms with E-state index < -0.39 is 0 Å². The highest BCUT2D eigenvalue weighted by molar-refractivity contribution is 7.18. The fourth-order valence-electron chi connectivity index (χ4n) is 3.52. The molecule has 1 atom stereocenters. The third-order valence-electron chi connectivity index (χ3n) is 5.03. The largest absolute Gasteiger partial charge is 0.484 e. The fourth-order valence-corrected chi connectivity index (χ4v) is 4.64. The number of hydrogen-bond acceptors (Lipinski definition) is 5. The highest BCUT2D eigenvalue weighted by atomic mass is 32.1. The van der Waals surface area contributed by atoms with E-state index in [0.717, 1.165) is 34.6 Å². The summed E-state index contributed by atoms with van der Waals surface area (Å²) < 4.78 is 6.82. The van der Waals surface area contributed by atoms with Crippen LogP contribution in [-0.4, -0.2) is 34.7 Å². The molecule has 5 nitrogen and oxygen atoms in total. The van der Waals surface area contributed by atoms with E-state index in [1.807, 2.05) is 30.0 Å². The molecular weight excluding hydrogens is 372 g/mol. The van der Waals surface area contributed by atoms with Gasteiger partial charge in [-0.05, 0) is 49.2 Å². The number of amides is 1. The molecule has 1 aliphatic rings. The maximum atomic E-state index is 12.8. The van der Waals surface area contributed by atoms with E-state index in [4.69, 9.17) is 9.72 Å². The SMILES string of the molecule is CCC(=O)c1ccc(OCC(=O)N2CCCC2c2nc3ccccc3s2)cc1. The Hall–Kier alpha value is -2.73. The average molecular weight is 394 g/mol. The van der Waals surface area contributed by atoms with E-state index in [-0.39, 0.29) is 24.3 Å². The van der Waals surface area contributed by atoms with Crippen LogP contribution in [0.25, 0.3) is 10.2 Å². The first-order valence-electron chi connectivity index (χ1n) is 9.56. The molecule has 28 heavy (non-hydrogen) atoms. The molecule has 1 saturated heterocycles. The van der Waals surface area contributed by atoms with Gasteiger partial charge in [-0.25, -0.2) is 4.98 Å². The molecule has 0 spiro atoms. The zero-order valence-corrected chi connectivity index (χ0v) is 16.6. The number of nitrogens with zero attached hydrogens (tertiary/aromatic N) is 2. The first-order chi connectivity index (χ1) is 13.7. The van der Waals surface area contributed by atoms with E-state index in [1.54, 1.807) is 35.6 Å². The van der Waals surface area contributed by atoms with Crippen molar-refractivity contribution in [1.82, 2.24) is 9.88 Å². The number of ketones is 1. The molecule has 2 heterocycles. The van der Waals surface area contributed by atoms with Crippen LogP contribution in [0.2, 0.25) is 0 Å². The number of rotatable bonds is 6. The Labute approximate surface area is 168 Å². The maximum absolute atomic E-state index is 12.8. The van der Waals surface area contributed by atoms with Crippen LogP contribution in [0, 0.1) is 0 Å². The van der Waals surface area contributed by atoms with Crippen LogP contribution in [0.5, 0.6) is 5.75 Å². The van der Waals surface area contributed by atoms with Gasteiger partial charge in [0.05, 0.1) is 16.3 Å². The first kappa shape index (κ1) is 18.6. The molecule has 6 heteroatoms. The highest BCUT2D eigenvalue weighted by Crippen LogP contribution is 2.36. The number of hydrogen-bond donors (Lipinski definition) is 0. The number of Topliss-reactive ketones (excluding diaryl/α,β-unsaturated/α-hetero) is 1. The van der Waals surface area contributed by atoms with Gasteiger partial charge in [0.1, 0.15) is 10.8 Å². The van der Waals surface area contributed by atoms with Gasteiger partial charge in [0.25, 0.3) is 5.91 Å². The summed E-state index contributed by atoms with van der Waals surface area (Å²) in [6.07, 6.45) is 2.38. The predicted octanol–water partition coefficient (Wildman–Crippen LogP) is 4.63. The summed E-state index contributed by atoms with van der Waals surface area (Å²) >= 11 is 1.66. The molecule has 0 bridgehead atoms. The number of fused-ring (bicyclic) bond motifs is 1. The summed E-state index contributed by atoms with van der Waals surface area (Å²) in [7, 11) is 0.